The summed E-state index contributed by atoms with van der Waals surface area (Å²) in [7, 11) is -6.16. The van der Waals surface area contributed by atoms with Crippen molar-refractivity contribution in [2.75, 3.05) is 18.2 Å². The average molecular weight is 555 g/mol. The average Bonchev–Trinajstić information content (AvgIpc) is 2.81. The maximum atomic E-state index is 13.5. The van der Waals surface area contributed by atoms with Gasteiger partial charge in [-0.2, -0.15) is 8.42 Å². The molecule has 0 aromatic heterocycles. The maximum absolute atomic E-state index is 13.5. The molecule has 29 heavy (non-hydrogen) atoms. The number of benzene rings is 1. The number of carbonyl (C=O) groups excluding carboxylic acids is 1. The van der Waals surface area contributed by atoms with Crippen LogP contribution >= 0.6 is 22.6 Å². The van der Waals surface area contributed by atoms with Crippen molar-refractivity contribution < 1.29 is 31.3 Å². The number of ether oxygens (including phenoxy) is 2. The topological polar surface area (TPSA) is 100 Å². The number of para-hydroxylation sites is 1. The fourth-order valence-electron chi connectivity index (χ4n) is 3.65. The van der Waals surface area contributed by atoms with Crippen molar-refractivity contribution in [1.82, 2.24) is 0 Å². The number of fused-ring (bicyclic) bond motifs is 1. The van der Waals surface area contributed by atoms with E-state index < -0.39 is 47.9 Å². The smallest absolute Gasteiger partial charge is 0.264 e. The molecular formula is C18H26INO7SSi. The van der Waals surface area contributed by atoms with E-state index >= 15 is 0 Å². The first kappa shape index (κ1) is 23.1. The van der Waals surface area contributed by atoms with Gasteiger partial charge in [-0.15, -0.1) is 0 Å². The van der Waals surface area contributed by atoms with E-state index in [1.54, 1.807) is 19.9 Å². The Morgan fingerprint density at radius 2 is 1.93 bits per heavy atom. The van der Waals surface area contributed by atoms with Crippen molar-refractivity contribution in [2.45, 2.75) is 57.1 Å². The zero-order chi connectivity index (χ0) is 21.8. The summed E-state index contributed by atoms with van der Waals surface area (Å²) in [6, 6.07) is 5.52. The van der Waals surface area contributed by atoms with Crippen LogP contribution in [0.4, 0.5) is 5.69 Å². The monoisotopic (exact) mass is 555 g/mol. The van der Waals surface area contributed by atoms with Crippen LogP contribution in [0.15, 0.2) is 18.2 Å². The maximum Gasteiger partial charge on any atom is 0.264 e. The minimum absolute atomic E-state index is 0.0614. The fourth-order valence-corrected chi connectivity index (χ4v) is 6.17. The van der Waals surface area contributed by atoms with Gasteiger partial charge < -0.3 is 19.2 Å². The van der Waals surface area contributed by atoms with Crippen LogP contribution in [0.25, 0.3) is 0 Å². The quantitative estimate of drug-likeness (QED) is 0.339. The van der Waals surface area contributed by atoms with Gasteiger partial charge in [0.1, 0.15) is 12.2 Å². The molecule has 1 fully saturated rings. The summed E-state index contributed by atoms with van der Waals surface area (Å²) in [6.45, 7) is 9.25. The number of rotatable bonds is 5. The van der Waals surface area contributed by atoms with Crippen LogP contribution in [0.5, 0.6) is 0 Å². The first-order valence-corrected chi connectivity index (χ1v) is 15.5. The van der Waals surface area contributed by atoms with E-state index in [1.807, 2.05) is 31.8 Å². The first-order valence-electron chi connectivity index (χ1n) is 9.15. The number of carbonyl (C=O) groups is 1. The van der Waals surface area contributed by atoms with Gasteiger partial charge in [-0.25, -0.2) is 0 Å². The van der Waals surface area contributed by atoms with E-state index in [0.29, 0.717) is 11.3 Å². The van der Waals surface area contributed by atoms with E-state index in [0.717, 1.165) is 9.83 Å². The van der Waals surface area contributed by atoms with Crippen molar-refractivity contribution >= 4 is 52.6 Å². The van der Waals surface area contributed by atoms with Crippen LogP contribution < -0.4 is 5.32 Å². The number of hydrogen-bond donors (Lipinski definition) is 1. The molecule has 2 aliphatic rings. The molecule has 1 aromatic carbocycles. The molecule has 0 spiro atoms. The molecule has 1 saturated heterocycles. The second kappa shape index (κ2) is 7.53. The Morgan fingerprint density at radius 3 is 2.52 bits per heavy atom. The molecule has 0 saturated carbocycles. The molecule has 0 unspecified atom stereocenters. The highest BCUT2D eigenvalue weighted by Crippen LogP contribution is 2.49. The molecule has 2 heterocycles. The van der Waals surface area contributed by atoms with Crippen molar-refractivity contribution in [3.63, 3.8) is 0 Å². The minimum atomic E-state index is -3.83. The molecule has 8 nitrogen and oxygen atoms in total. The summed E-state index contributed by atoms with van der Waals surface area (Å²) < 4.78 is 48.3. The Labute approximate surface area is 186 Å². The zero-order valence-electron chi connectivity index (χ0n) is 17.2. The van der Waals surface area contributed by atoms with Gasteiger partial charge in [0, 0.05) is 9.13 Å². The van der Waals surface area contributed by atoms with Gasteiger partial charge in [0.2, 0.25) is 0 Å². The number of nitrogens with one attached hydrogen (secondary N) is 1. The molecule has 3 atom stereocenters. The van der Waals surface area contributed by atoms with Crippen LogP contribution in [0.2, 0.25) is 19.6 Å². The van der Waals surface area contributed by atoms with Crippen molar-refractivity contribution in [2.24, 2.45) is 0 Å². The van der Waals surface area contributed by atoms with Crippen molar-refractivity contribution in [3.05, 3.63) is 27.3 Å². The van der Waals surface area contributed by atoms with Crippen LogP contribution in [0.1, 0.15) is 19.4 Å². The third-order valence-electron chi connectivity index (χ3n) is 4.50. The molecule has 3 rings (SSSR count). The van der Waals surface area contributed by atoms with E-state index in [9.17, 15) is 13.2 Å². The van der Waals surface area contributed by atoms with Gasteiger partial charge in [0.05, 0.1) is 18.6 Å². The molecule has 11 heteroatoms. The second-order valence-corrected chi connectivity index (χ2v) is 15.8. The summed E-state index contributed by atoms with van der Waals surface area (Å²) in [5.41, 5.74) is -0.304. The third-order valence-corrected chi connectivity index (χ3v) is 6.93. The molecule has 0 radical (unpaired) electrons. The third kappa shape index (κ3) is 4.70. The summed E-state index contributed by atoms with van der Waals surface area (Å²) in [4.78, 5) is 13.5. The highest BCUT2D eigenvalue weighted by molar-refractivity contribution is 14.1. The van der Waals surface area contributed by atoms with Crippen molar-refractivity contribution in [1.29, 1.82) is 0 Å². The van der Waals surface area contributed by atoms with Crippen LogP contribution in [0, 0.1) is 3.57 Å². The van der Waals surface area contributed by atoms with Crippen molar-refractivity contribution in [3.8, 4) is 0 Å². The lowest BCUT2D eigenvalue weighted by atomic mass is 9.85. The minimum Gasteiger partial charge on any atom is -0.398 e. The molecule has 0 bridgehead atoms. The van der Waals surface area contributed by atoms with Gasteiger partial charge in [0.25, 0.3) is 16.0 Å². The van der Waals surface area contributed by atoms with Gasteiger partial charge >= 0.3 is 0 Å². The van der Waals surface area contributed by atoms with Crippen LogP contribution in [0.3, 0.4) is 0 Å². The summed E-state index contributed by atoms with van der Waals surface area (Å²) in [5.74, 6) is -1.45. The Kier molecular flexibility index (Phi) is 6.00. The summed E-state index contributed by atoms with van der Waals surface area (Å²) in [5, 5.41) is 2.91. The normalized spacial score (nSPS) is 29.4. The van der Waals surface area contributed by atoms with Gasteiger partial charge in [0.15, 0.2) is 19.7 Å². The second-order valence-electron chi connectivity index (χ2n) is 8.65. The number of amides is 1. The largest absolute Gasteiger partial charge is 0.398 e. The Hall–Kier alpha value is -0.573. The molecule has 162 valence electrons. The van der Waals surface area contributed by atoms with E-state index in [4.69, 9.17) is 18.1 Å². The Bertz CT molecular complexity index is 931. The molecular weight excluding hydrogens is 529 g/mol. The summed E-state index contributed by atoms with van der Waals surface area (Å²) >= 11 is 2.14. The molecule has 1 aromatic rings. The Morgan fingerprint density at radius 1 is 1.28 bits per heavy atom. The lowest BCUT2D eigenvalue weighted by Gasteiger charge is -2.48. The molecule has 0 aliphatic carbocycles. The molecule has 2 aliphatic heterocycles. The predicted octanol–water partition coefficient (Wildman–Crippen LogP) is 2.79. The number of halogens is 1. The lowest BCUT2D eigenvalue weighted by molar-refractivity contribution is -0.323. The summed E-state index contributed by atoms with van der Waals surface area (Å²) in [6.07, 6.45) is -1.13. The van der Waals surface area contributed by atoms with Crippen LogP contribution in [-0.2, 0) is 38.6 Å². The van der Waals surface area contributed by atoms with E-state index in [-0.39, 0.29) is 6.61 Å². The molecule has 1 N–H and O–H groups in total. The van der Waals surface area contributed by atoms with Gasteiger partial charge in [-0.05, 0) is 62.1 Å². The highest BCUT2D eigenvalue weighted by Gasteiger charge is 2.62. The highest BCUT2D eigenvalue weighted by atomic mass is 127. The van der Waals surface area contributed by atoms with Gasteiger partial charge in [-0.3, -0.25) is 8.98 Å². The lowest BCUT2D eigenvalue weighted by Crippen LogP contribution is -2.64. The standard InChI is InChI=1S/C18H26INO7SSi/c1-17(2)24-10-13(26-28(3,22)23)15(25-17)18(27-29(4,5)6)11-8-7-9-12(19)14(11)20-16(18)21/h7-9,13,15H,10H2,1-6H3,(H,20,21)/t13-,15+,18-/m0/s1. The van der Waals surface area contributed by atoms with E-state index in [1.165, 1.54) is 0 Å². The van der Waals surface area contributed by atoms with Crippen LogP contribution in [-0.4, -0.2) is 53.5 Å². The molecule has 1 amide bonds. The van der Waals surface area contributed by atoms with E-state index in [2.05, 4.69) is 27.9 Å². The number of hydrogen-bond acceptors (Lipinski definition) is 7. The number of anilines is 1. The fraction of sp³-hybridized carbons (Fsp3) is 0.611. The van der Waals surface area contributed by atoms with Gasteiger partial charge in [-0.1, -0.05) is 12.1 Å². The predicted molar refractivity (Wildman–Crippen MR) is 119 cm³/mol. The SMILES string of the molecule is CC1(C)OC[C@H](OS(C)(=O)=O)[C@H]([C@]2(O[Si](C)(C)C)C(=O)Nc3c(I)cccc32)O1. The first-order chi connectivity index (χ1) is 13.1. The Balaban J connectivity index is 2.23. The zero-order valence-corrected chi connectivity index (χ0v) is 21.2.